The number of rotatable bonds is 6. The number of thioether (sulfide) groups is 1. The second-order valence-corrected chi connectivity index (χ2v) is 8.07. The van der Waals surface area contributed by atoms with Crippen LogP contribution in [-0.2, 0) is 4.79 Å². The number of anilines is 1. The van der Waals surface area contributed by atoms with Gasteiger partial charge in [0.15, 0.2) is 5.58 Å². The van der Waals surface area contributed by atoms with Gasteiger partial charge in [0.2, 0.25) is 11.8 Å². The van der Waals surface area contributed by atoms with Gasteiger partial charge in [-0.25, -0.2) is 4.98 Å². The Balaban J connectivity index is 1.43. The first-order valence-corrected chi connectivity index (χ1v) is 11.2. The number of oxazole rings is 1. The zero-order chi connectivity index (χ0) is 22.6. The number of nitriles is 1. The molecule has 1 amide bonds. The van der Waals surface area contributed by atoms with Crippen molar-refractivity contribution >= 4 is 34.7 Å². The summed E-state index contributed by atoms with van der Waals surface area (Å²) in [5, 5.41) is 13.1. The van der Waals surface area contributed by atoms with Gasteiger partial charge in [-0.3, -0.25) is 10.1 Å². The highest BCUT2D eigenvalue weighted by Gasteiger charge is 2.24. The minimum Gasteiger partial charge on any atom is -0.438 e. The van der Waals surface area contributed by atoms with Crippen molar-refractivity contribution in [1.82, 2.24) is 4.98 Å². The van der Waals surface area contributed by atoms with Crippen LogP contribution in [0.4, 0.5) is 5.88 Å². The zero-order valence-electron chi connectivity index (χ0n) is 17.3. The first-order valence-electron chi connectivity index (χ1n) is 10.2. The third-order valence-electron chi connectivity index (χ3n) is 4.97. The number of nitrogens with zero attached hydrogens (tertiary/aromatic N) is 2. The van der Waals surface area contributed by atoms with Crippen molar-refractivity contribution in [3.8, 4) is 28.5 Å². The second-order valence-electron chi connectivity index (χ2n) is 7.14. The maximum Gasteiger partial charge on any atom is 0.257 e. The molecule has 0 spiro atoms. The molecule has 3 aromatic carbocycles. The first kappa shape index (κ1) is 20.6. The average molecular weight is 452 g/mol. The van der Waals surface area contributed by atoms with Gasteiger partial charge in [-0.15, -0.1) is 0 Å². The molecule has 0 unspecified atom stereocenters. The lowest BCUT2D eigenvalue weighted by molar-refractivity contribution is -0.113. The fourth-order valence-electron chi connectivity index (χ4n) is 3.50. The number of aromatic nitrogens is 1. The van der Waals surface area contributed by atoms with E-state index in [4.69, 9.17) is 8.83 Å². The van der Waals surface area contributed by atoms with E-state index in [-0.39, 0.29) is 23.1 Å². The van der Waals surface area contributed by atoms with Crippen LogP contribution in [-0.4, -0.2) is 16.6 Å². The first-order chi connectivity index (χ1) is 16.2. The van der Waals surface area contributed by atoms with Crippen LogP contribution in [0.5, 0.6) is 0 Å². The lowest BCUT2D eigenvalue weighted by Crippen LogP contribution is -2.14. The molecule has 6 nitrogen and oxygen atoms in total. The average Bonchev–Trinajstić information content (AvgIpc) is 3.44. The minimum atomic E-state index is -0.327. The van der Waals surface area contributed by atoms with E-state index in [1.54, 1.807) is 0 Å². The molecular weight excluding hydrogens is 434 g/mol. The molecule has 160 valence electrons. The quantitative estimate of drug-likeness (QED) is 0.302. The molecule has 0 radical (unpaired) electrons. The number of amides is 1. The number of para-hydroxylation sites is 2. The number of benzene rings is 3. The predicted molar refractivity (Wildman–Crippen MR) is 128 cm³/mol. The summed E-state index contributed by atoms with van der Waals surface area (Å²) in [6.07, 6.45) is 0. The van der Waals surface area contributed by atoms with E-state index in [1.807, 2.05) is 84.9 Å². The molecule has 0 saturated heterocycles. The van der Waals surface area contributed by atoms with Crippen LogP contribution in [0.3, 0.4) is 0 Å². The number of hydrogen-bond acceptors (Lipinski definition) is 6. The molecule has 0 fully saturated rings. The van der Waals surface area contributed by atoms with Gasteiger partial charge in [0.05, 0.1) is 5.75 Å². The molecule has 33 heavy (non-hydrogen) atoms. The van der Waals surface area contributed by atoms with Gasteiger partial charge in [0.1, 0.15) is 22.9 Å². The SMILES string of the molecule is N#Cc1c(NC(=O)CSc2nc3ccccc3o2)oc(-c2ccccc2)c1-c1ccccc1. The lowest BCUT2D eigenvalue weighted by Gasteiger charge is -2.03. The smallest absolute Gasteiger partial charge is 0.257 e. The van der Waals surface area contributed by atoms with Crippen LogP contribution in [0.25, 0.3) is 33.6 Å². The highest BCUT2D eigenvalue weighted by molar-refractivity contribution is 7.99. The van der Waals surface area contributed by atoms with Crippen molar-refractivity contribution in [2.75, 3.05) is 11.1 Å². The maximum atomic E-state index is 12.7. The standard InChI is InChI=1S/C26H17N3O3S/c27-15-19-23(17-9-3-1-4-10-17)24(18-11-5-2-6-12-18)32-25(19)29-22(30)16-33-26-28-20-13-7-8-14-21(20)31-26/h1-14H,16H2,(H,29,30). The molecule has 2 heterocycles. The molecule has 0 bridgehead atoms. The van der Waals surface area contributed by atoms with Crippen molar-refractivity contribution in [1.29, 1.82) is 5.26 Å². The Morgan fingerprint density at radius 2 is 1.58 bits per heavy atom. The van der Waals surface area contributed by atoms with Crippen LogP contribution in [0.1, 0.15) is 5.56 Å². The molecule has 0 aliphatic rings. The molecule has 0 atom stereocenters. The Labute approximate surface area is 193 Å². The molecular formula is C26H17N3O3S. The van der Waals surface area contributed by atoms with E-state index in [1.165, 1.54) is 11.8 Å². The zero-order valence-corrected chi connectivity index (χ0v) is 18.1. The van der Waals surface area contributed by atoms with Gasteiger partial charge in [-0.05, 0) is 17.7 Å². The van der Waals surface area contributed by atoms with E-state index < -0.39 is 0 Å². The Hall–Kier alpha value is -4.28. The van der Waals surface area contributed by atoms with Gasteiger partial charge in [0, 0.05) is 11.1 Å². The summed E-state index contributed by atoms with van der Waals surface area (Å²) < 4.78 is 11.7. The van der Waals surface area contributed by atoms with E-state index in [0.29, 0.717) is 22.1 Å². The molecule has 0 aliphatic heterocycles. The Morgan fingerprint density at radius 1 is 0.909 bits per heavy atom. The maximum absolute atomic E-state index is 12.7. The van der Waals surface area contributed by atoms with Crippen molar-refractivity contribution in [2.45, 2.75) is 5.22 Å². The molecule has 1 N–H and O–H groups in total. The van der Waals surface area contributed by atoms with Crippen LogP contribution in [0, 0.1) is 11.3 Å². The van der Waals surface area contributed by atoms with Crippen LogP contribution in [0.2, 0.25) is 0 Å². The summed E-state index contributed by atoms with van der Waals surface area (Å²) in [5.74, 6) is 0.380. The molecule has 0 saturated carbocycles. The van der Waals surface area contributed by atoms with Crippen molar-refractivity contribution in [3.63, 3.8) is 0 Å². The van der Waals surface area contributed by atoms with Crippen LogP contribution >= 0.6 is 11.8 Å². The summed E-state index contributed by atoms with van der Waals surface area (Å²) in [6.45, 7) is 0. The van der Waals surface area contributed by atoms with E-state index in [9.17, 15) is 10.1 Å². The highest BCUT2D eigenvalue weighted by Crippen LogP contribution is 2.41. The number of carbonyl (C=O) groups excluding carboxylic acids is 1. The molecule has 0 aliphatic carbocycles. The Morgan fingerprint density at radius 3 is 2.27 bits per heavy atom. The third-order valence-corrected chi connectivity index (χ3v) is 5.80. The fourth-order valence-corrected chi connectivity index (χ4v) is 4.14. The van der Waals surface area contributed by atoms with Crippen LogP contribution in [0.15, 0.2) is 99.0 Å². The van der Waals surface area contributed by atoms with Crippen molar-refractivity contribution < 1.29 is 13.6 Å². The summed E-state index contributed by atoms with van der Waals surface area (Å²) in [4.78, 5) is 17.1. The minimum absolute atomic E-state index is 0.0553. The van der Waals surface area contributed by atoms with E-state index >= 15 is 0 Å². The van der Waals surface area contributed by atoms with Gasteiger partial charge in [-0.2, -0.15) is 5.26 Å². The lowest BCUT2D eigenvalue weighted by atomic mass is 9.98. The topological polar surface area (TPSA) is 92.1 Å². The molecule has 7 heteroatoms. The third kappa shape index (κ3) is 4.25. The van der Waals surface area contributed by atoms with Gasteiger partial charge < -0.3 is 8.83 Å². The normalized spacial score (nSPS) is 10.8. The molecule has 5 rings (SSSR count). The monoisotopic (exact) mass is 451 g/mol. The number of furan rings is 1. The van der Waals surface area contributed by atoms with Gasteiger partial charge in [0.25, 0.3) is 5.22 Å². The highest BCUT2D eigenvalue weighted by atomic mass is 32.2. The van der Waals surface area contributed by atoms with Crippen LogP contribution < -0.4 is 5.32 Å². The number of fused-ring (bicyclic) bond motifs is 1. The molecule has 2 aromatic heterocycles. The Bertz CT molecular complexity index is 1430. The summed E-state index contributed by atoms with van der Waals surface area (Å²) in [6, 6.07) is 28.6. The summed E-state index contributed by atoms with van der Waals surface area (Å²) in [5.41, 5.74) is 3.97. The van der Waals surface area contributed by atoms with E-state index in [2.05, 4.69) is 16.4 Å². The Kier molecular flexibility index (Phi) is 5.66. The molecule has 5 aromatic rings. The number of hydrogen-bond donors (Lipinski definition) is 1. The van der Waals surface area contributed by atoms with E-state index in [0.717, 1.165) is 16.6 Å². The van der Waals surface area contributed by atoms with Crippen molar-refractivity contribution in [2.24, 2.45) is 0 Å². The largest absolute Gasteiger partial charge is 0.438 e. The van der Waals surface area contributed by atoms with Crippen molar-refractivity contribution in [3.05, 3.63) is 90.5 Å². The fraction of sp³-hybridized carbons (Fsp3) is 0.0385. The van der Waals surface area contributed by atoms with Gasteiger partial charge >= 0.3 is 0 Å². The summed E-state index contributed by atoms with van der Waals surface area (Å²) in [7, 11) is 0. The number of carbonyl (C=O) groups is 1. The number of nitrogens with one attached hydrogen (secondary N) is 1. The predicted octanol–water partition coefficient (Wildman–Crippen LogP) is 6.36. The summed E-state index contributed by atoms with van der Waals surface area (Å²) >= 11 is 1.18. The van der Waals surface area contributed by atoms with Gasteiger partial charge in [-0.1, -0.05) is 84.6 Å². The second kappa shape index (κ2) is 9.07.